The van der Waals surface area contributed by atoms with Crippen LogP contribution in [0.1, 0.15) is 27.2 Å². The van der Waals surface area contributed by atoms with Crippen LogP contribution in [0.2, 0.25) is 0 Å². The van der Waals surface area contributed by atoms with Crippen LogP contribution < -0.4 is 18.9 Å². The molecule has 154 valence electrons. The highest BCUT2D eigenvalue weighted by atomic mass is 16.5. The van der Waals surface area contributed by atoms with Crippen LogP contribution in [0.3, 0.4) is 0 Å². The zero-order valence-corrected chi connectivity index (χ0v) is 17.2. The normalized spacial score (nSPS) is 11.9. The van der Waals surface area contributed by atoms with Gasteiger partial charge in [0.25, 0.3) is 0 Å². The number of aromatic amines is 1. The highest BCUT2D eigenvalue weighted by molar-refractivity contribution is 6.07. The van der Waals surface area contributed by atoms with Gasteiger partial charge in [-0.3, -0.25) is 9.89 Å². The largest absolute Gasteiger partial charge is 0.493 e. The average Bonchev–Trinajstić information content (AvgIpc) is 3.34. The van der Waals surface area contributed by atoms with E-state index in [0.29, 0.717) is 35.0 Å². The van der Waals surface area contributed by atoms with Crippen LogP contribution in [0, 0.1) is 0 Å². The molecule has 0 radical (unpaired) electrons. The second kappa shape index (κ2) is 7.94. The summed E-state index contributed by atoms with van der Waals surface area (Å²) in [7, 11) is 6.32. The van der Waals surface area contributed by atoms with Crippen molar-refractivity contribution in [3.8, 4) is 34.3 Å². The number of hydrogen-bond acceptors (Lipinski definition) is 6. The predicted octanol–water partition coefficient (Wildman–Crippen LogP) is 3.91. The number of ether oxygens (including phenoxy) is 4. The molecule has 1 aliphatic carbocycles. The molecule has 0 unspecified atom stereocenters. The van der Waals surface area contributed by atoms with Gasteiger partial charge in [0.1, 0.15) is 0 Å². The second-order valence-corrected chi connectivity index (χ2v) is 6.77. The second-order valence-electron chi connectivity index (χ2n) is 6.77. The zero-order valence-electron chi connectivity index (χ0n) is 17.2. The molecule has 0 spiro atoms. The minimum atomic E-state index is -0.141. The molecule has 0 fully saturated rings. The number of carbonyl (C=O) groups excluding carboxylic acids is 1. The lowest BCUT2D eigenvalue weighted by molar-refractivity contribution is 0.104. The number of benzene rings is 2. The molecule has 0 saturated heterocycles. The Kier molecular flexibility index (Phi) is 5.18. The summed E-state index contributed by atoms with van der Waals surface area (Å²) in [5, 5.41) is 7.47. The van der Waals surface area contributed by atoms with Crippen LogP contribution in [-0.2, 0) is 6.42 Å². The summed E-state index contributed by atoms with van der Waals surface area (Å²) >= 11 is 0. The van der Waals surface area contributed by atoms with Gasteiger partial charge >= 0.3 is 0 Å². The minimum Gasteiger partial charge on any atom is -0.493 e. The molecule has 0 saturated carbocycles. The molecule has 0 atom stereocenters. The van der Waals surface area contributed by atoms with Gasteiger partial charge in [-0.2, -0.15) is 5.10 Å². The summed E-state index contributed by atoms with van der Waals surface area (Å²) in [5.74, 6) is 2.29. The van der Waals surface area contributed by atoms with E-state index < -0.39 is 0 Å². The number of nitrogens with one attached hydrogen (secondary N) is 1. The molecule has 1 N–H and O–H groups in total. The van der Waals surface area contributed by atoms with Crippen molar-refractivity contribution in [3.05, 3.63) is 58.8 Å². The molecule has 2 aromatic carbocycles. The van der Waals surface area contributed by atoms with E-state index >= 15 is 0 Å². The van der Waals surface area contributed by atoms with Crippen LogP contribution in [0.15, 0.2) is 36.4 Å². The predicted molar refractivity (Wildman–Crippen MR) is 113 cm³/mol. The standard InChI is InChI=1S/C23H22N2O5/c1-27-19-8-5-13(10-20(19)28-2)18(26)7-6-17-16-9-14-11-21(29-3)22(30-4)12-15(14)23(16)25-24-17/h5-8,10-12H,9H2,1-4H3,(H,24,25)/b7-6+. The summed E-state index contributed by atoms with van der Waals surface area (Å²) in [4.78, 5) is 12.6. The Hall–Kier alpha value is -3.74. The Bertz CT molecular complexity index is 1150. The molecule has 0 aliphatic heterocycles. The average molecular weight is 406 g/mol. The monoisotopic (exact) mass is 406 g/mol. The maximum Gasteiger partial charge on any atom is 0.186 e. The third-order valence-corrected chi connectivity index (χ3v) is 5.20. The fraction of sp³-hybridized carbons (Fsp3) is 0.217. The van der Waals surface area contributed by atoms with Crippen LogP contribution in [-0.4, -0.2) is 44.4 Å². The number of fused-ring (bicyclic) bond motifs is 3. The van der Waals surface area contributed by atoms with E-state index in [2.05, 4.69) is 10.2 Å². The van der Waals surface area contributed by atoms with Gasteiger partial charge in [0.05, 0.1) is 39.8 Å². The Morgan fingerprint density at radius 2 is 1.60 bits per heavy atom. The van der Waals surface area contributed by atoms with Crippen LogP contribution in [0.4, 0.5) is 0 Å². The summed E-state index contributed by atoms with van der Waals surface area (Å²) in [6.45, 7) is 0. The quantitative estimate of drug-likeness (QED) is 0.370. The number of methoxy groups -OCH3 is 4. The van der Waals surface area contributed by atoms with Gasteiger partial charge < -0.3 is 18.9 Å². The molecular formula is C23H22N2O5. The molecule has 7 heteroatoms. The van der Waals surface area contributed by atoms with Crippen molar-refractivity contribution in [2.75, 3.05) is 28.4 Å². The van der Waals surface area contributed by atoms with Gasteiger partial charge in [-0.1, -0.05) is 0 Å². The van der Waals surface area contributed by atoms with Crippen LogP contribution in [0.25, 0.3) is 17.3 Å². The van der Waals surface area contributed by atoms with E-state index in [1.54, 1.807) is 45.6 Å². The summed E-state index contributed by atoms with van der Waals surface area (Å²) < 4.78 is 21.3. The highest BCUT2D eigenvalue weighted by Gasteiger charge is 2.26. The van der Waals surface area contributed by atoms with E-state index in [1.165, 1.54) is 13.2 Å². The van der Waals surface area contributed by atoms with Crippen LogP contribution in [0.5, 0.6) is 23.0 Å². The Labute approximate surface area is 174 Å². The van der Waals surface area contributed by atoms with Crippen molar-refractivity contribution in [2.24, 2.45) is 0 Å². The van der Waals surface area contributed by atoms with Crippen molar-refractivity contribution in [1.82, 2.24) is 10.2 Å². The van der Waals surface area contributed by atoms with Crippen molar-refractivity contribution in [2.45, 2.75) is 6.42 Å². The number of allylic oxidation sites excluding steroid dienone is 1. The van der Waals surface area contributed by atoms with Crippen molar-refractivity contribution in [3.63, 3.8) is 0 Å². The van der Waals surface area contributed by atoms with E-state index in [0.717, 1.165) is 28.1 Å². The lowest BCUT2D eigenvalue weighted by Gasteiger charge is -2.09. The minimum absolute atomic E-state index is 0.141. The zero-order chi connectivity index (χ0) is 21.3. The molecule has 1 aliphatic rings. The smallest absolute Gasteiger partial charge is 0.186 e. The molecule has 3 aromatic rings. The lowest BCUT2D eigenvalue weighted by atomic mass is 10.1. The van der Waals surface area contributed by atoms with Gasteiger partial charge in [-0.05, 0) is 48.0 Å². The third-order valence-electron chi connectivity index (χ3n) is 5.20. The summed E-state index contributed by atoms with van der Waals surface area (Å²) in [6.07, 6.45) is 3.98. The van der Waals surface area contributed by atoms with Gasteiger partial charge in [0.2, 0.25) is 0 Å². The molecule has 7 nitrogen and oxygen atoms in total. The topological polar surface area (TPSA) is 82.7 Å². The Morgan fingerprint density at radius 1 is 0.933 bits per heavy atom. The fourth-order valence-electron chi connectivity index (χ4n) is 3.64. The number of H-pyrrole nitrogens is 1. The number of carbonyl (C=O) groups is 1. The van der Waals surface area contributed by atoms with Crippen molar-refractivity contribution < 1.29 is 23.7 Å². The van der Waals surface area contributed by atoms with E-state index in [9.17, 15) is 4.79 Å². The molecule has 1 heterocycles. The first-order valence-corrected chi connectivity index (χ1v) is 9.36. The van der Waals surface area contributed by atoms with E-state index in [-0.39, 0.29) is 5.78 Å². The van der Waals surface area contributed by atoms with E-state index in [1.807, 2.05) is 12.1 Å². The lowest BCUT2D eigenvalue weighted by Crippen LogP contribution is -1.97. The highest BCUT2D eigenvalue weighted by Crippen LogP contribution is 2.43. The molecule has 0 amide bonds. The molecule has 1 aromatic heterocycles. The van der Waals surface area contributed by atoms with Gasteiger partial charge in [-0.15, -0.1) is 0 Å². The fourth-order valence-corrected chi connectivity index (χ4v) is 3.64. The number of hydrogen-bond donors (Lipinski definition) is 1. The van der Waals surface area contributed by atoms with E-state index in [4.69, 9.17) is 18.9 Å². The number of nitrogens with zero attached hydrogens (tertiary/aromatic N) is 1. The van der Waals surface area contributed by atoms with Gasteiger partial charge in [0.15, 0.2) is 28.8 Å². The Morgan fingerprint density at radius 3 is 2.30 bits per heavy atom. The SMILES string of the molecule is COc1ccc(C(=O)/C=C/c2[nH]nc3c2Cc2cc(OC)c(OC)cc2-3)cc1OC. The molecule has 30 heavy (non-hydrogen) atoms. The van der Waals surface area contributed by atoms with Crippen molar-refractivity contribution >= 4 is 11.9 Å². The maximum atomic E-state index is 12.6. The van der Waals surface area contributed by atoms with Crippen LogP contribution >= 0.6 is 0 Å². The first-order valence-electron chi connectivity index (χ1n) is 9.36. The maximum absolute atomic E-state index is 12.6. The Balaban J connectivity index is 1.60. The first kappa shape index (κ1) is 19.6. The number of rotatable bonds is 7. The number of ketones is 1. The molecule has 0 bridgehead atoms. The molecule has 4 rings (SSSR count). The molecular weight excluding hydrogens is 384 g/mol. The van der Waals surface area contributed by atoms with Crippen molar-refractivity contribution in [1.29, 1.82) is 0 Å². The summed E-state index contributed by atoms with van der Waals surface area (Å²) in [5.41, 5.74) is 5.33. The third kappa shape index (κ3) is 3.28. The van der Waals surface area contributed by atoms with Gasteiger partial charge in [-0.25, -0.2) is 0 Å². The first-order chi connectivity index (χ1) is 14.6. The summed E-state index contributed by atoms with van der Waals surface area (Å²) in [6, 6.07) is 8.99. The van der Waals surface area contributed by atoms with Gasteiger partial charge in [0, 0.05) is 23.1 Å². The number of aromatic nitrogens is 2.